The standard InChI is InChI=1S/C10H12N4O2S/c1-11-17(15,16)14-9-4-2-8(3-5-9)10-6-7-12-13-10/h2-7,11,14H,1H3,(H,12,13). The molecule has 6 nitrogen and oxygen atoms in total. The van der Waals surface area contributed by atoms with Crippen LogP contribution in [0.4, 0.5) is 5.69 Å². The van der Waals surface area contributed by atoms with E-state index in [9.17, 15) is 8.42 Å². The summed E-state index contributed by atoms with van der Waals surface area (Å²) >= 11 is 0. The predicted octanol–water partition coefficient (Wildman–Crippen LogP) is 0.953. The van der Waals surface area contributed by atoms with E-state index in [0.29, 0.717) is 5.69 Å². The summed E-state index contributed by atoms with van der Waals surface area (Å²) in [6.45, 7) is 0. The summed E-state index contributed by atoms with van der Waals surface area (Å²) in [7, 11) is -2.11. The Morgan fingerprint density at radius 1 is 1.18 bits per heavy atom. The molecule has 0 radical (unpaired) electrons. The van der Waals surface area contributed by atoms with Crippen molar-refractivity contribution in [3.8, 4) is 11.3 Å². The second kappa shape index (κ2) is 4.56. The first-order valence-corrected chi connectivity index (χ1v) is 6.40. The summed E-state index contributed by atoms with van der Waals surface area (Å²) in [5, 5.41) is 6.68. The molecule has 0 amide bonds. The summed E-state index contributed by atoms with van der Waals surface area (Å²) in [6, 6.07) is 8.82. The fourth-order valence-electron chi connectivity index (χ4n) is 1.34. The Labute approximate surface area is 99.2 Å². The van der Waals surface area contributed by atoms with Gasteiger partial charge in [0.2, 0.25) is 0 Å². The van der Waals surface area contributed by atoms with Crippen LogP contribution in [0.1, 0.15) is 0 Å². The van der Waals surface area contributed by atoms with Gasteiger partial charge in [0, 0.05) is 18.9 Å². The van der Waals surface area contributed by atoms with Gasteiger partial charge in [0.25, 0.3) is 10.2 Å². The average molecular weight is 252 g/mol. The van der Waals surface area contributed by atoms with Crippen molar-refractivity contribution in [1.82, 2.24) is 14.9 Å². The zero-order valence-corrected chi connectivity index (χ0v) is 9.95. The van der Waals surface area contributed by atoms with Crippen LogP contribution >= 0.6 is 0 Å². The van der Waals surface area contributed by atoms with E-state index in [2.05, 4.69) is 19.6 Å². The van der Waals surface area contributed by atoms with Gasteiger partial charge in [-0.1, -0.05) is 12.1 Å². The van der Waals surface area contributed by atoms with E-state index in [4.69, 9.17) is 0 Å². The van der Waals surface area contributed by atoms with Crippen LogP contribution in [0, 0.1) is 0 Å². The minimum absolute atomic E-state index is 0.502. The van der Waals surface area contributed by atoms with Crippen LogP contribution in [-0.2, 0) is 10.2 Å². The molecule has 0 atom stereocenters. The molecule has 0 aliphatic carbocycles. The molecule has 1 heterocycles. The van der Waals surface area contributed by atoms with E-state index >= 15 is 0 Å². The number of nitrogens with zero attached hydrogens (tertiary/aromatic N) is 1. The zero-order chi connectivity index (χ0) is 12.3. The van der Waals surface area contributed by atoms with Crippen LogP contribution in [0.2, 0.25) is 0 Å². The monoisotopic (exact) mass is 252 g/mol. The Bertz CT molecular complexity index is 575. The van der Waals surface area contributed by atoms with Crippen molar-refractivity contribution in [2.45, 2.75) is 0 Å². The van der Waals surface area contributed by atoms with Crippen molar-refractivity contribution in [2.75, 3.05) is 11.8 Å². The summed E-state index contributed by atoms with van der Waals surface area (Å²) < 4.78 is 27.0. The molecule has 0 bridgehead atoms. The summed E-state index contributed by atoms with van der Waals surface area (Å²) in [5.41, 5.74) is 2.32. The highest BCUT2D eigenvalue weighted by atomic mass is 32.2. The summed E-state index contributed by atoms with van der Waals surface area (Å²) in [4.78, 5) is 0. The van der Waals surface area contributed by atoms with Crippen LogP contribution < -0.4 is 9.44 Å². The highest BCUT2D eigenvalue weighted by Gasteiger charge is 2.06. The molecule has 17 heavy (non-hydrogen) atoms. The van der Waals surface area contributed by atoms with Gasteiger partial charge in [-0.15, -0.1) is 0 Å². The third-order valence-corrected chi connectivity index (χ3v) is 3.26. The minimum Gasteiger partial charge on any atom is -0.278 e. The molecule has 7 heteroatoms. The van der Waals surface area contributed by atoms with Gasteiger partial charge in [0.1, 0.15) is 0 Å². The first kappa shape index (κ1) is 11.6. The third-order valence-electron chi connectivity index (χ3n) is 2.22. The van der Waals surface area contributed by atoms with Crippen LogP contribution in [0.5, 0.6) is 0 Å². The number of aromatic nitrogens is 2. The molecule has 0 spiro atoms. The topological polar surface area (TPSA) is 86.9 Å². The molecule has 0 aliphatic heterocycles. The summed E-state index contributed by atoms with van der Waals surface area (Å²) in [6.07, 6.45) is 1.66. The molecule has 0 saturated heterocycles. The second-order valence-electron chi connectivity index (χ2n) is 3.36. The van der Waals surface area contributed by atoms with E-state index in [-0.39, 0.29) is 0 Å². The largest absolute Gasteiger partial charge is 0.298 e. The Kier molecular flexibility index (Phi) is 3.12. The van der Waals surface area contributed by atoms with E-state index in [1.807, 2.05) is 6.07 Å². The fourth-order valence-corrected chi connectivity index (χ4v) is 1.89. The van der Waals surface area contributed by atoms with Crippen molar-refractivity contribution in [1.29, 1.82) is 0 Å². The van der Waals surface area contributed by atoms with Gasteiger partial charge in [0.05, 0.1) is 5.69 Å². The molecule has 0 saturated carbocycles. The maximum absolute atomic E-state index is 11.2. The van der Waals surface area contributed by atoms with Crippen molar-refractivity contribution in [3.05, 3.63) is 36.5 Å². The van der Waals surface area contributed by atoms with Gasteiger partial charge in [-0.05, 0) is 23.8 Å². The molecule has 2 aromatic rings. The molecule has 2 rings (SSSR count). The number of hydrogen-bond donors (Lipinski definition) is 3. The van der Waals surface area contributed by atoms with Crippen molar-refractivity contribution >= 4 is 15.9 Å². The normalized spacial score (nSPS) is 11.4. The minimum atomic E-state index is -3.46. The number of nitrogens with one attached hydrogen (secondary N) is 3. The fraction of sp³-hybridized carbons (Fsp3) is 0.100. The zero-order valence-electron chi connectivity index (χ0n) is 9.14. The van der Waals surface area contributed by atoms with Crippen LogP contribution in [0.3, 0.4) is 0 Å². The van der Waals surface area contributed by atoms with Crippen molar-refractivity contribution < 1.29 is 8.42 Å². The SMILES string of the molecule is CNS(=O)(=O)Nc1ccc(-c2ccn[nH]2)cc1. The lowest BCUT2D eigenvalue weighted by atomic mass is 10.1. The Morgan fingerprint density at radius 3 is 2.41 bits per heavy atom. The van der Waals surface area contributed by atoms with Crippen LogP contribution in [-0.4, -0.2) is 25.7 Å². The van der Waals surface area contributed by atoms with Crippen molar-refractivity contribution in [3.63, 3.8) is 0 Å². The molecule has 0 fully saturated rings. The Hall–Kier alpha value is -1.86. The van der Waals surface area contributed by atoms with Gasteiger partial charge in [-0.25, -0.2) is 4.72 Å². The first-order chi connectivity index (χ1) is 8.11. The lowest BCUT2D eigenvalue weighted by molar-refractivity contribution is 0.593. The number of benzene rings is 1. The lowest BCUT2D eigenvalue weighted by Gasteiger charge is -2.06. The molecule has 1 aromatic heterocycles. The van der Waals surface area contributed by atoms with Gasteiger partial charge >= 0.3 is 0 Å². The maximum atomic E-state index is 11.2. The third kappa shape index (κ3) is 2.83. The molecule has 1 aromatic carbocycles. The van der Waals surface area contributed by atoms with E-state index in [1.54, 1.807) is 30.5 Å². The van der Waals surface area contributed by atoms with Crippen molar-refractivity contribution in [2.24, 2.45) is 0 Å². The number of hydrogen-bond acceptors (Lipinski definition) is 3. The lowest BCUT2D eigenvalue weighted by Crippen LogP contribution is -2.26. The molecule has 3 N–H and O–H groups in total. The number of aromatic amines is 1. The molecule has 0 aliphatic rings. The highest BCUT2D eigenvalue weighted by Crippen LogP contribution is 2.19. The highest BCUT2D eigenvalue weighted by molar-refractivity contribution is 7.90. The summed E-state index contributed by atoms with van der Waals surface area (Å²) in [5.74, 6) is 0. The maximum Gasteiger partial charge on any atom is 0.298 e. The Morgan fingerprint density at radius 2 is 1.88 bits per heavy atom. The van der Waals surface area contributed by atoms with E-state index in [0.717, 1.165) is 11.3 Å². The Balaban J connectivity index is 2.19. The molecular formula is C10H12N4O2S. The number of rotatable bonds is 4. The van der Waals surface area contributed by atoms with Gasteiger partial charge < -0.3 is 0 Å². The first-order valence-electron chi connectivity index (χ1n) is 4.92. The van der Waals surface area contributed by atoms with Crippen LogP contribution in [0.15, 0.2) is 36.5 Å². The number of H-pyrrole nitrogens is 1. The molecular weight excluding hydrogens is 240 g/mol. The van der Waals surface area contributed by atoms with Crippen LogP contribution in [0.25, 0.3) is 11.3 Å². The smallest absolute Gasteiger partial charge is 0.278 e. The predicted molar refractivity (Wildman–Crippen MR) is 65.6 cm³/mol. The average Bonchev–Trinajstić information content (AvgIpc) is 2.83. The molecule has 0 unspecified atom stereocenters. The van der Waals surface area contributed by atoms with E-state index in [1.165, 1.54) is 7.05 Å². The van der Waals surface area contributed by atoms with Gasteiger partial charge in [0.15, 0.2) is 0 Å². The quantitative estimate of drug-likeness (QED) is 0.757. The van der Waals surface area contributed by atoms with E-state index < -0.39 is 10.2 Å². The second-order valence-corrected chi connectivity index (χ2v) is 4.98. The van der Waals surface area contributed by atoms with Gasteiger partial charge in [-0.2, -0.15) is 13.5 Å². The number of anilines is 1. The van der Waals surface area contributed by atoms with Gasteiger partial charge in [-0.3, -0.25) is 9.82 Å². The molecule has 90 valence electrons.